The second-order valence-corrected chi connectivity index (χ2v) is 5.95. The van der Waals surface area contributed by atoms with Crippen LogP contribution >= 0.6 is 11.6 Å². The third-order valence-corrected chi connectivity index (χ3v) is 3.81. The first-order valence-corrected chi connectivity index (χ1v) is 7.54. The summed E-state index contributed by atoms with van der Waals surface area (Å²) in [6, 6.07) is 7.72. The summed E-state index contributed by atoms with van der Waals surface area (Å²) in [7, 11) is 0. The SMILES string of the molecule is CC(C)c1c(O)ccc2cnc(Nc3ccc(F)c(Cl)c3)nc12. The molecule has 2 N–H and O–H groups in total. The molecule has 3 aromatic rings. The van der Waals surface area contributed by atoms with Crippen molar-refractivity contribution in [2.45, 2.75) is 19.8 Å². The van der Waals surface area contributed by atoms with E-state index in [0.29, 0.717) is 17.2 Å². The number of rotatable bonds is 3. The van der Waals surface area contributed by atoms with Crippen LogP contribution in [0.3, 0.4) is 0 Å². The van der Waals surface area contributed by atoms with E-state index in [1.165, 1.54) is 12.1 Å². The van der Waals surface area contributed by atoms with Gasteiger partial charge in [-0.25, -0.2) is 14.4 Å². The zero-order valence-electron chi connectivity index (χ0n) is 12.6. The van der Waals surface area contributed by atoms with E-state index < -0.39 is 5.82 Å². The van der Waals surface area contributed by atoms with Gasteiger partial charge in [-0.2, -0.15) is 0 Å². The molecule has 0 unspecified atom stereocenters. The Morgan fingerprint density at radius 3 is 2.70 bits per heavy atom. The van der Waals surface area contributed by atoms with Crippen molar-refractivity contribution in [3.63, 3.8) is 0 Å². The summed E-state index contributed by atoms with van der Waals surface area (Å²) in [4.78, 5) is 8.73. The number of nitrogens with one attached hydrogen (secondary N) is 1. The average Bonchev–Trinajstić information content (AvgIpc) is 2.50. The van der Waals surface area contributed by atoms with Gasteiger partial charge >= 0.3 is 0 Å². The highest BCUT2D eigenvalue weighted by atomic mass is 35.5. The van der Waals surface area contributed by atoms with Crippen LogP contribution in [0.15, 0.2) is 36.5 Å². The highest BCUT2D eigenvalue weighted by Crippen LogP contribution is 2.32. The molecule has 3 rings (SSSR count). The molecule has 0 saturated carbocycles. The lowest BCUT2D eigenvalue weighted by molar-refractivity contribution is 0.466. The van der Waals surface area contributed by atoms with Crippen molar-refractivity contribution >= 4 is 34.1 Å². The molecule has 0 radical (unpaired) electrons. The summed E-state index contributed by atoms with van der Waals surface area (Å²) in [5, 5.41) is 13.9. The maximum absolute atomic E-state index is 13.2. The predicted molar refractivity (Wildman–Crippen MR) is 90.0 cm³/mol. The largest absolute Gasteiger partial charge is 0.508 e. The minimum Gasteiger partial charge on any atom is -0.508 e. The van der Waals surface area contributed by atoms with Gasteiger partial charge in [0.25, 0.3) is 0 Å². The molecule has 1 heterocycles. The molecule has 0 aliphatic heterocycles. The number of hydrogen-bond acceptors (Lipinski definition) is 4. The highest BCUT2D eigenvalue weighted by molar-refractivity contribution is 6.31. The van der Waals surface area contributed by atoms with Crippen molar-refractivity contribution in [3.8, 4) is 5.75 Å². The van der Waals surface area contributed by atoms with Crippen LogP contribution in [-0.2, 0) is 0 Å². The molecule has 0 fully saturated rings. The standard InChI is InChI=1S/C17H15ClFN3O/c1-9(2)15-14(23)6-3-10-8-20-17(22-16(10)15)21-11-4-5-13(19)12(18)7-11/h3-9,23H,1-2H3,(H,20,21,22). The Bertz CT molecular complexity index is 883. The van der Waals surface area contributed by atoms with Crippen molar-refractivity contribution in [2.75, 3.05) is 5.32 Å². The summed E-state index contributed by atoms with van der Waals surface area (Å²) in [5.41, 5.74) is 2.04. The Morgan fingerprint density at radius 1 is 1.22 bits per heavy atom. The second-order valence-electron chi connectivity index (χ2n) is 5.54. The Morgan fingerprint density at radius 2 is 2.00 bits per heavy atom. The molecule has 4 nitrogen and oxygen atoms in total. The average molecular weight is 332 g/mol. The number of benzene rings is 2. The van der Waals surface area contributed by atoms with E-state index in [2.05, 4.69) is 15.3 Å². The molecule has 1 aromatic heterocycles. The number of aromatic hydroxyl groups is 1. The molecule has 0 aliphatic carbocycles. The van der Waals surface area contributed by atoms with Gasteiger partial charge in [-0.05, 0) is 36.2 Å². The van der Waals surface area contributed by atoms with Crippen molar-refractivity contribution < 1.29 is 9.50 Å². The Kier molecular flexibility index (Phi) is 4.05. The van der Waals surface area contributed by atoms with Gasteiger partial charge in [0.2, 0.25) is 5.95 Å². The highest BCUT2D eigenvalue weighted by Gasteiger charge is 2.13. The lowest BCUT2D eigenvalue weighted by atomic mass is 9.99. The van der Waals surface area contributed by atoms with Gasteiger partial charge in [0, 0.05) is 22.8 Å². The number of anilines is 2. The minimum atomic E-state index is -0.483. The summed E-state index contributed by atoms with van der Waals surface area (Å²) in [5.74, 6) is 0.194. The molecule has 0 bridgehead atoms. The van der Waals surface area contributed by atoms with E-state index in [4.69, 9.17) is 11.6 Å². The van der Waals surface area contributed by atoms with E-state index in [1.54, 1.807) is 24.4 Å². The van der Waals surface area contributed by atoms with E-state index in [0.717, 1.165) is 10.9 Å². The third-order valence-electron chi connectivity index (χ3n) is 3.52. The summed E-state index contributed by atoms with van der Waals surface area (Å²) >= 11 is 5.77. The maximum atomic E-state index is 13.2. The van der Waals surface area contributed by atoms with Crippen LogP contribution in [-0.4, -0.2) is 15.1 Å². The molecule has 23 heavy (non-hydrogen) atoms. The molecule has 6 heteroatoms. The molecule has 2 aromatic carbocycles. The molecular weight excluding hydrogens is 317 g/mol. The van der Waals surface area contributed by atoms with E-state index in [1.807, 2.05) is 13.8 Å². The first-order valence-electron chi connectivity index (χ1n) is 7.16. The quantitative estimate of drug-likeness (QED) is 0.709. The molecule has 0 spiro atoms. The van der Waals surface area contributed by atoms with E-state index in [-0.39, 0.29) is 16.7 Å². The zero-order valence-corrected chi connectivity index (χ0v) is 13.4. The number of hydrogen-bond donors (Lipinski definition) is 2. The van der Waals surface area contributed by atoms with Gasteiger partial charge in [0.05, 0.1) is 10.5 Å². The molecule has 0 atom stereocenters. The monoisotopic (exact) mass is 331 g/mol. The lowest BCUT2D eigenvalue weighted by Gasteiger charge is -2.12. The Labute approximate surface area is 138 Å². The Balaban J connectivity index is 2.05. The number of phenolic OH excluding ortho intramolecular Hbond substituents is 1. The van der Waals surface area contributed by atoms with Crippen LogP contribution in [0.1, 0.15) is 25.3 Å². The predicted octanol–water partition coefficient (Wildman–Crippen LogP) is 4.99. The van der Waals surface area contributed by atoms with Gasteiger partial charge in [-0.3, -0.25) is 0 Å². The smallest absolute Gasteiger partial charge is 0.227 e. The third kappa shape index (κ3) is 3.05. The number of halogens is 2. The van der Waals surface area contributed by atoms with Crippen LogP contribution < -0.4 is 5.32 Å². The van der Waals surface area contributed by atoms with Crippen LogP contribution in [0.5, 0.6) is 5.75 Å². The second kappa shape index (κ2) is 6.01. The van der Waals surface area contributed by atoms with Crippen LogP contribution in [0, 0.1) is 5.82 Å². The van der Waals surface area contributed by atoms with Crippen molar-refractivity contribution in [1.82, 2.24) is 9.97 Å². The Hall–Kier alpha value is -2.40. The first-order chi connectivity index (χ1) is 11.0. The van der Waals surface area contributed by atoms with Crippen molar-refractivity contribution in [3.05, 3.63) is 52.9 Å². The maximum Gasteiger partial charge on any atom is 0.227 e. The molecular formula is C17H15ClFN3O. The normalized spacial score (nSPS) is 11.2. The summed E-state index contributed by atoms with van der Waals surface area (Å²) < 4.78 is 13.2. The van der Waals surface area contributed by atoms with Gasteiger partial charge in [0.15, 0.2) is 0 Å². The molecule has 118 valence electrons. The fourth-order valence-electron chi connectivity index (χ4n) is 2.44. The van der Waals surface area contributed by atoms with Crippen LogP contribution in [0.25, 0.3) is 10.9 Å². The summed E-state index contributed by atoms with van der Waals surface area (Å²) in [6.45, 7) is 3.98. The van der Waals surface area contributed by atoms with Gasteiger partial charge < -0.3 is 10.4 Å². The van der Waals surface area contributed by atoms with Crippen molar-refractivity contribution in [1.29, 1.82) is 0 Å². The van der Waals surface area contributed by atoms with Crippen LogP contribution in [0.4, 0.5) is 16.0 Å². The zero-order chi connectivity index (χ0) is 16.6. The fraction of sp³-hybridized carbons (Fsp3) is 0.176. The molecule has 0 saturated heterocycles. The number of fused-ring (bicyclic) bond motifs is 1. The van der Waals surface area contributed by atoms with E-state index >= 15 is 0 Å². The van der Waals surface area contributed by atoms with Crippen LogP contribution in [0.2, 0.25) is 5.02 Å². The molecule has 0 aliphatic rings. The number of phenols is 1. The minimum absolute atomic E-state index is 0.0244. The number of nitrogens with zero attached hydrogens (tertiary/aromatic N) is 2. The lowest BCUT2D eigenvalue weighted by Crippen LogP contribution is -2.00. The van der Waals surface area contributed by atoms with Gasteiger partial charge in [-0.15, -0.1) is 0 Å². The van der Waals surface area contributed by atoms with Gasteiger partial charge in [-0.1, -0.05) is 25.4 Å². The molecule has 0 amide bonds. The first kappa shape index (κ1) is 15.5. The number of aromatic nitrogens is 2. The topological polar surface area (TPSA) is 58.0 Å². The summed E-state index contributed by atoms with van der Waals surface area (Å²) in [6.07, 6.45) is 1.68. The van der Waals surface area contributed by atoms with Gasteiger partial charge in [0.1, 0.15) is 11.6 Å². The van der Waals surface area contributed by atoms with Crippen molar-refractivity contribution in [2.24, 2.45) is 0 Å². The fourth-order valence-corrected chi connectivity index (χ4v) is 2.62. The van der Waals surface area contributed by atoms with E-state index in [9.17, 15) is 9.50 Å².